The zero-order chi connectivity index (χ0) is 12.3. The summed E-state index contributed by atoms with van der Waals surface area (Å²) in [5, 5.41) is 11.4. The third kappa shape index (κ3) is 2.36. The summed E-state index contributed by atoms with van der Waals surface area (Å²) < 4.78 is 0. The fourth-order valence-electron chi connectivity index (χ4n) is 1.97. The lowest BCUT2D eigenvalue weighted by Gasteiger charge is -2.11. The summed E-state index contributed by atoms with van der Waals surface area (Å²) >= 11 is 0. The lowest BCUT2D eigenvalue weighted by Crippen LogP contribution is -2.10. The molecule has 0 aliphatic rings. The lowest BCUT2D eigenvalue weighted by atomic mass is 9.94. The minimum Gasteiger partial charge on any atom is -0.481 e. The second-order valence-corrected chi connectivity index (χ2v) is 4.02. The van der Waals surface area contributed by atoms with E-state index in [-0.39, 0.29) is 0 Å². The Balaban J connectivity index is 2.46. The molecule has 0 aliphatic heterocycles. The van der Waals surface area contributed by atoms with Gasteiger partial charge in [0.05, 0.1) is 5.92 Å². The van der Waals surface area contributed by atoms with E-state index >= 15 is 0 Å². The van der Waals surface area contributed by atoms with E-state index in [1.807, 2.05) is 42.5 Å². The number of benzene rings is 2. The van der Waals surface area contributed by atoms with Gasteiger partial charge in [0.25, 0.3) is 0 Å². The minimum atomic E-state index is -0.805. The number of rotatable bonds is 4. The molecule has 86 valence electrons. The Morgan fingerprint density at radius 3 is 2.59 bits per heavy atom. The van der Waals surface area contributed by atoms with Gasteiger partial charge in [-0.25, -0.2) is 0 Å². The highest BCUT2D eigenvalue weighted by Crippen LogP contribution is 2.24. The quantitative estimate of drug-likeness (QED) is 0.809. The molecule has 0 bridgehead atoms. The number of hydrogen-bond acceptors (Lipinski definition) is 1. The molecule has 2 heteroatoms. The molecule has 0 heterocycles. The van der Waals surface area contributed by atoms with Crippen molar-refractivity contribution < 1.29 is 9.90 Å². The van der Waals surface area contributed by atoms with Crippen molar-refractivity contribution in [2.45, 2.75) is 12.3 Å². The van der Waals surface area contributed by atoms with Crippen LogP contribution < -0.4 is 0 Å². The third-order valence-electron chi connectivity index (χ3n) is 2.88. The number of hydrogen-bond donors (Lipinski definition) is 1. The molecule has 2 aromatic rings. The van der Waals surface area contributed by atoms with E-state index in [1.165, 1.54) is 0 Å². The zero-order valence-electron chi connectivity index (χ0n) is 9.47. The molecule has 0 aromatic heterocycles. The van der Waals surface area contributed by atoms with Crippen LogP contribution in [0.4, 0.5) is 0 Å². The van der Waals surface area contributed by atoms with Crippen molar-refractivity contribution in [2.24, 2.45) is 0 Å². The molecule has 0 radical (unpaired) electrons. The van der Waals surface area contributed by atoms with Crippen molar-refractivity contribution in [1.29, 1.82) is 0 Å². The van der Waals surface area contributed by atoms with Gasteiger partial charge >= 0.3 is 5.97 Å². The molecule has 1 atom stereocenters. The SMILES string of the molecule is C=CCC(C(=O)O)c1ccc2ccccc2c1. The maximum absolute atomic E-state index is 11.2. The van der Waals surface area contributed by atoms with Gasteiger partial charge in [-0.15, -0.1) is 6.58 Å². The molecule has 0 spiro atoms. The van der Waals surface area contributed by atoms with E-state index in [0.29, 0.717) is 6.42 Å². The van der Waals surface area contributed by atoms with Crippen LogP contribution in [0, 0.1) is 0 Å². The van der Waals surface area contributed by atoms with Gasteiger partial charge in [0.15, 0.2) is 0 Å². The molecule has 2 aromatic carbocycles. The first-order chi connectivity index (χ1) is 8.22. The number of fused-ring (bicyclic) bond motifs is 1. The molecule has 0 saturated carbocycles. The summed E-state index contributed by atoms with van der Waals surface area (Å²) in [5.41, 5.74) is 0.830. The van der Waals surface area contributed by atoms with Gasteiger partial charge in [-0.3, -0.25) is 4.79 Å². The highest BCUT2D eigenvalue weighted by molar-refractivity contribution is 5.85. The van der Waals surface area contributed by atoms with Crippen LogP contribution in [-0.2, 0) is 4.79 Å². The fourth-order valence-corrected chi connectivity index (χ4v) is 1.97. The summed E-state index contributed by atoms with van der Waals surface area (Å²) in [6.07, 6.45) is 2.10. The highest BCUT2D eigenvalue weighted by atomic mass is 16.4. The average molecular weight is 226 g/mol. The molecular formula is C15H14O2. The summed E-state index contributed by atoms with van der Waals surface area (Å²) in [4.78, 5) is 11.2. The zero-order valence-corrected chi connectivity index (χ0v) is 9.47. The summed E-state index contributed by atoms with van der Waals surface area (Å²) in [6.45, 7) is 3.61. The Bertz CT molecular complexity index is 558. The van der Waals surface area contributed by atoms with E-state index in [0.717, 1.165) is 16.3 Å². The van der Waals surface area contributed by atoms with E-state index in [2.05, 4.69) is 6.58 Å². The summed E-state index contributed by atoms with van der Waals surface area (Å²) in [6, 6.07) is 13.7. The minimum absolute atomic E-state index is 0.452. The van der Waals surface area contributed by atoms with E-state index in [4.69, 9.17) is 0 Å². The molecule has 0 aliphatic carbocycles. The van der Waals surface area contributed by atoms with Gasteiger partial charge in [-0.2, -0.15) is 0 Å². The standard InChI is InChI=1S/C15H14O2/c1-2-5-14(15(16)17)13-9-8-11-6-3-4-7-12(11)10-13/h2-4,6-10,14H,1,5H2,(H,16,17). The van der Waals surface area contributed by atoms with Gasteiger partial charge in [0, 0.05) is 0 Å². The van der Waals surface area contributed by atoms with Gasteiger partial charge in [0.2, 0.25) is 0 Å². The first-order valence-electron chi connectivity index (χ1n) is 5.55. The van der Waals surface area contributed by atoms with Crippen LogP contribution in [0.3, 0.4) is 0 Å². The van der Waals surface area contributed by atoms with Crippen LogP contribution in [0.5, 0.6) is 0 Å². The number of aliphatic carboxylic acids is 1. The number of carboxylic acids is 1. The van der Waals surface area contributed by atoms with Crippen LogP contribution in [0.15, 0.2) is 55.1 Å². The largest absolute Gasteiger partial charge is 0.481 e. The molecule has 0 saturated heterocycles. The van der Waals surface area contributed by atoms with E-state index in [1.54, 1.807) is 6.08 Å². The van der Waals surface area contributed by atoms with Crippen LogP contribution in [0.2, 0.25) is 0 Å². The van der Waals surface area contributed by atoms with E-state index < -0.39 is 11.9 Å². The second kappa shape index (κ2) is 4.83. The second-order valence-electron chi connectivity index (χ2n) is 4.02. The average Bonchev–Trinajstić information content (AvgIpc) is 2.35. The van der Waals surface area contributed by atoms with Crippen molar-refractivity contribution >= 4 is 16.7 Å². The predicted octanol–water partition coefficient (Wildman–Crippen LogP) is 3.58. The molecule has 2 rings (SSSR count). The molecule has 0 fully saturated rings. The predicted molar refractivity (Wildman–Crippen MR) is 69.1 cm³/mol. The maximum atomic E-state index is 11.2. The Morgan fingerprint density at radius 1 is 1.24 bits per heavy atom. The highest BCUT2D eigenvalue weighted by Gasteiger charge is 2.18. The first-order valence-corrected chi connectivity index (χ1v) is 5.55. The smallest absolute Gasteiger partial charge is 0.311 e. The van der Waals surface area contributed by atoms with Crippen LogP contribution >= 0.6 is 0 Å². The lowest BCUT2D eigenvalue weighted by molar-refractivity contribution is -0.138. The molecule has 17 heavy (non-hydrogen) atoms. The van der Waals surface area contributed by atoms with Crippen molar-refractivity contribution in [3.8, 4) is 0 Å². The van der Waals surface area contributed by atoms with Crippen molar-refractivity contribution in [2.75, 3.05) is 0 Å². The Hall–Kier alpha value is -2.09. The number of carbonyl (C=O) groups is 1. The number of carboxylic acid groups (broad SMARTS) is 1. The van der Waals surface area contributed by atoms with Gasteiger partial charge in [-0.1, -0.05) is 48.5 Å². The Morgan fingerprint density at radius 2 is 1.94 bits per heavy atom. The topological polar surface area (TPSA) is 37.3 Å². The summed E-state index contributed by atoms with van der Waals surface area (Å²) in [7, 11) is 0. The van der Waals surface area contributed by atoms with Crippen LogP contribution in [0.1, 0.15) is 17.9 Å². The van der Waals surface area contributed by atoms with Gasteiger partial charge in [0.1, 0.15) is 0 Å². The normalized spacial score (nSPS) is 12.2. The molecule has 1 N–H and O–H groups in total. The van der Waals surface area contributed by atoms with Crippen molar-refractivity contribution in [3.63, 3.8) is 0 Å². The number of allylic oxidation sites excluding steroid dienone is 1. The Labute approximate surface area is 100 Å². The first kappa shape index (κ1) is 11.4. The van der Waals surface area contributed by atoms with Crippen molar-refractivity contribution in [1.82, 2.24) is 0 Å². The van der Waals surface area contributed by atoms with Gasteiger partial charge in [-0.05, 0) is 22.8 Å². The Kier molecular flexibility index (Phi) is 3.24. The monoisotopic (exact) mass is 226 g/mol. The third-order valence-corrected chi connectivity index (χ3v) is 2.88. The molecular weight excluding hydrogens is 212 g/mol. The van der Waals surface area contributed by atoms with Crippen molar-refractivity contribution in [3.05, 3.63) is 60.7 Å². The molecule has 1 unspecified atom stereocenters. The summed E-state index contributed by atoms with van der Waals surface area (Å²) in [5.74, 6) is -1.31. The molecule has 0 amide bonds. The van der Waals surface area contributed by atoms with Gasteiger partial charge < -0.3 is 5.11 Å². The van der Waals surface area contributed by atoms with Crippen LogP contribution in [0.25, 0.3) is 10.8 Å². The van der Waals surface area contributed by atoms with Crippen LogP contribution in [-0.4, -0.2) is 11.1 Å². The van der Waals surface area contributed by atoms with E-state index in [9.17, 15) is 9.90 Å². The fraction of sp³-hybridized carbons (Fsp3) is 0.133. The molecule has 2 nitrogen and oxygen atoms in total. The maximum Gasteiger partial charge on any atom is 0.311 e.